The molecule has 1 aliphatic carbocycles. The first kappa shape index (κ1) is 17.0. The molecule has 0 bridgehead atoms. The van der Waals surface area contributed by atoms with Crippen molar-refractivity contribution in [2.45, 2.75) is 49.6 Å². The molecule has 1 N–H and O–H groups in total. The molecule has 1 saturated carbocycles. The Morgan fingerprint density at radius 3 is 2.79 bits per heavy atom. The van der Waals surface area contributed by atoms with Gasteiger partial charge in [0.25, 0.3) is 0 Å². The largest absolute Gasteiger partial charge is 0.495 e. The van der Waals surface area contributed by atoms with E-state index >= 15 is 0 Å². The van der Waals surface area contributed by atoms with Crippen LogP contribution in [-0.2, 0) is 10.0 Å². The minimum atomic E-state index is -3.67. The third-order valence-corrected chi connectivity index (χ3v) is 6.02. The van der Waals surface area contributed by atoms with Crippen molar-refractivity contribution in [1.29, 1.82) is 0 Å². The first-order chi connectivity index (χ1) is 11.5. The van der Waals surface area contributed by atoms with Crippen molar-refractivity contribution >= 4 is 10.0 Å². The Morgan fingerprint density at radius 2 is 2.08 bits per heavy atom. The molecule has 6 nitrogen and oxygen atoms in total. The number of hydrogen-bond donors (Lipinski definition) is 1. The van der Waals surface area contributed by atoms with E-state index in [9.17, 15) is 8.42 Å². The molecule has 0 spiro atoms. The van der Waals surface area contributed by atoms with Gasteiger partial charge < -0.3 is 4.74 Å². The third-order valence-electron chi connectivity index (χ3n) is 4.51. The lowest BCUT2D eigenvalue weighted by Gasteiger charge is -2.32. The van der Waals surface area contributed by atoms with Gasteiger partial charge in [-0.25, -0.2) is 13.1 Å². The Labute approximate surface area is 142 Å². The monoisotopic (exact) mass is 349 g/mol. The molecule has 0 amide bonds. The highest BCUT2D eigenvalue weighted by atomic mass is 32.2. The van der Waals surface area contributed by atoms with Gasteiger partial charge in [-0.2, -0.15) is 5.10 Å². The van der Waals surface area contributed by atoms with Crippen molar-refractivity contribution in [3.8, 4) is 5.75 Å². The fraction of sp³-hybridized carbons (Fsp3) is 0.471. The van der Waals surface area contributed by atoms with Crippen LogP contribution in [0, 0.1) is 6.92 Å². The Balaban J connectivity index is 1.89. The number of aromatic nitrogens is 2. The smallest absolute Gasteiger partial charge is 0.244 e. The van der Waals surface area contributed by atoms with Crippen LogP contribution in [0.4, 0.5) is 0 Å². The van der Waals surface area contributed by atoms with Gasteiger partial charge in [0, 0.05) is 18.4 Å². The predicted octanol–water partition coefficient (Wildman–Crippen LogP) is 2.66. The van der Waals surface area contributed by atoms with Crippen molar-refractivity contribution in [2.24, 2.45) is 0 Å². The van der Waals surface area contributed by atoms with Crippen LogP contribution in [0.3, 0.4) is 0 Å². The van der Waals surface area contributed by atoms with E-state index in [1.807, 2.05) is 29.9 Å². The zero-order valence-corrected chi connectivity index (χ0v) is 14.8. The summed E-state index contributed by atoms with van der Waals surface area (Å²) in [6.07, 6.45) is 7.43. The van der Waals surface area contributed by atoms with Gasteiger partial charge in [-0.15, -0.1) is 0 Å². The Hall–Kier alpha value is -1.86. The molecule has 1 heterocycles. The molecule has 1 aliphatic rings. The van der Waals surface area contributed by atoms with Gasteiger partial charge in [-0.1, -0.05) is 18.9 Å². The molecule has 3 rings (SSSR count). The zero-order chi connectivity index (χ0) is 17.2. The molecule has 130 valence electrons. The van der Waals surface area contributed by atoms with Crippen LogP contribution in [-0.4, -0.2) is 31.3 Å². The number of hydrogen-bond acceptors (Lipinski definition) is 4. The van der Waals surface area contributed by atoms with Crippen LogP contribution in [0.5, 0.6) is 5.75 Å². The van der Waals surface area contributed by atoms with Gasteiger partial charge in [0.15, 0.2) is 0 Å². The number of benzene rings is 1. The Kier molecular flexibility index (Phi) is 4.91. The molecule has 0 unspecified atom stereocenters. The van der Waals surface area contributed by atoms with Crippen LogP contribution in [0.25, 0.3) is 0 Å². The molecule has 1 aromatic heterocycles. The fourth-order valence-corrected chi connectivity index (χ4v) is 4.86. The predicted molar refractivity (Wildman–Crippen MR) is 91.6 cm³/mol. The molecule has 24 heavy (non-hydrogen) atoms. The second-order valence-electron chi connectivity index (χ2n) is 6.22. The first-order valence-corrected chi connectivity index (χ1v) is 9.65. The van der Waals surface area contributed by atoms with Gasteiger partial charge in [0.1, 0.15) is 10.6 Å². The number of sulfonamides is 1. The molecule has 0 aliphatic heterocycles. The SMILES string of the molecule is COc1ccc(C)cc1S(=O)(=O)N[C@H]1CCCC[C@@H]1n1cccn1. The van der Waals surface area contributed by atoms with Gasteiger partial charge in [0.2, 0.25) is 10.0 Å². The van der Waals surface area contributed by atoms with E-state index in [0.29, 0.717) is 5.75 Å². The summed E-state index contributed by atoms with van der Waals surface area (Å²) in [7, 11) is -2.18. The molecule has 1 fully saturated rings. The highest BCUT2D eigenvalue weighted by Crippen LogP contribution is 2.31. The molecule has 1 aromatic carbocycles. The molecular formula is C17H23N3O3S. The Bertz CT molecular complexity index is 787. The maximum atomic E-state index is 12.9. The minimum absolute atomic E-state index is 0.0410. The van der Waals surface area contributed by atoms with Crippen LogP contribution < -0.4 is 9.46 Å². The summed E-state index contributed by atoms with van der Waals surface area (Å²) in [5.41, 5.74) is 0.878. The summed E-state index contributed by atoms with van der Waals surface area (Å²) in [4.78, 5) is 0.190. The lowest BCUT2D eigenvalue weighted by Crippen LogP contribution is -2.43. The van der Waals surface area contributed by atoms with Crippen LogP contribution >= 0.6 is 0 Å². The van der Waals surface area contributed by atoms with Crippen molar-refractivity contribution in [3.05, 3.63) is 42.2 Å². The quantitative estimate of drug-likeness (QED) is 0.901. The third kappa shape index (κ3) is 3.47. The summed E-state index contributed by atoms with van der Waals surface area (Å²) in [6, 6.07) is 6.91. The first-order valence-electron chi connectivity index (χ1n) is 8.17. The normalized spacial score (nSPS) is 21.6. The standard InChI is InChI=1S/C17H23N3O3S/c1-13-8-9-16(23-2)17(12-13)24(21,22)19-14-6-3-4-7-15(14)20-11-5-10-18-20/h5,8-12,14-15,19H,3-4,6-7H2,1-2H3/t14-,15-/m0/s1. The molecule has 2 atom stereocenters. The Morgan fingerprint density at radius 1 is 1.29 bits per heavy atom. The van der Waals surface area contributed by atoms with Gasteiger partial charge in [-0.3, -0.25) is 4.68 Å². The summed E-state index contributed by atoms with van der Waals surface area (Å²) < 4.78 is 35.8. The van der Waals surface area contributed by atoms with Gasteiger partial charge in [0.05, 0.1) is 13.2 Å². The molecule has 7 heteroatoms. The average molecular weight is 349 g/mol. The van der Waals surface area contributed by atoms with Crippen molar-refractivity contribution in [2.75, 3.05) is 7.11 Å². The van der Waals surface area contributed by atoms with E-state index in [2.05, 4.69) is 9.82 Å². The van der Waals surface area contributed by atoms with Gasteiger partial charge >= 0.3 is 0 Å². The van der Waals surface area contributed by atoms with E-state index in [0.717, 1.165) is 31.2 Å². The van der Waals surface area contributed by atoms with E-state index in [-0.39, 0.29) is 17.0 Å². The number of nitrogens with one attached hydrogen (secondary N) is 1. The van der Waals surface area contributed by atoms with Gasteiger partial charge in [-0.05, 0) is 43.5 Å². The van der Waals surface area contributed by atoms with Crippen LogP contribution in [0.2, 0.25) is 0 Å². The van der Waals surface area contributed by atoms with E-state index < -0.39 is 10.0 Å². The number of rotatable bonds is 5. The van der Waals surface area contributed by atoms with E-state index in [4.69, 9.17) is 4.74 Å². The van der Waals surface area contributed by atoms with Crippen molar-refractivity contribution < 1.29 is 13.2 Å². The lowest BCUT2D eigenvalue weighted by molar-refractivity contribution is 0.270. The number of aryl methyl sites for hydroxylation is 1. The highest BCUT2D eigenvalue weighted by Gasteiger charge is 2.32. The number of ether oxygens (including phenoxy) is 1. The van der Waals surface area contributed by atoms with Crippen LogP contribution in [0.1, 0.15) is 37.3 Å². The zero-order valence-electron chi connectivity index (χ0n) is 14.0. The number of nitrogens with zero attached hydrogens (tertiary/aromatic N) is 2. The summed E-state index contributed by atoms with van der Waals surface area (Å²) in [5.74, 6) is 0.361. The van der Waals surface area contributed by atoms with E-state index in [1.54, 1.807) is 18.3 Å². The second kappa shape index (κ2) is 6.94. The summed E-state index contributed by atoms with van der Waals surface area (Å²) in [5, 5.41) is 4.30. The molecule has 2 aromatic rings. The molecule has 0 radical (unpaired) electrons. The molecular weight excluding hydrogens is 326 g/mol. The van der Waals surface area contributed by atoms with Crippen LogP contribution in [0.15, 0.2) is 41.6 Å². The maximum absolute atomic E-state index is 12.9. The summed E-state index contributed by atoms with van der Waals surface area (Å²) in [6.45, 7) is 1.87. The number of methoxy groups -OCH3 is 1. The van der Waals surface area contributed by atoms with E-state index in [1.165, 1.54) is 7.11 Å². The maximum Gasteiger partial charge on any atom is 0.244 e. The fourth-order valence-electron chi connectivity index (χ4n) is 3.30. The minimum Gasteiger partial charge on any atom is -0.495 e. The summed E-state index contributed by atoms with van der Waals surface area (Å²) >= 11 is 0. The molecule has 0 saturated heterocycles. The lowest BCUT2D eigenvalue weighted by atomic mass is 9.91. The van der Waals surface area contributed by atoms with Crippen molar-refractivity contribution in [1.82, 2.24) is 14.5 Å². The highest BCUT2D eigenvalue weighted by molar-refractivity contribution is 7.89. The topological polar surface area (TPSA) is 73.2 Å². The average Bonchev–Trinajstić information content (AvgIpc) is 3.09. The second-order valence-corrected chi connectivity index (χ2v) is 7.90. The van der Waals surface area contributed by atoms with Crippen molar-refractivity contribution in [3.63, 3.8) is 0 Å².